The monoisotopic (exact) mass is 493 g/mol. The molecule has 1 aromatic carbocycles. The lowest BCUT2D eigenvalue weighted by Gasteiger charge is -2.34. The Labute approximate surface area is 202 Å². The fraction of sp³-hybridized carbons (Fsp3) is 0.542. The molecular formula is C24H30F3N5O3. The quantitative estimate of drug-likeness (QED) is 0.628. The Balaban J connectivity index is 1.50. The summed E-state index contributed by atoms with van der Waals surface area (Å²) in [6, 6.07) is 8.77. The molecule has 2 aliphatic heterocycles. The number of halogens is 3. The van der Waals surface area contributed by atoms with Gasteiger partial charge in [0.1, 0.15) is 11.2 Å². The molecule has 2 aromatic rings. The molecule has 0 aliphatic carbocycles. The Bertz CT molecular complexity index is 1020. The smallest absolute Gasteiger partial charge is 0.421 e. The van der Waals surface area contributed by atoms with Crippen LogP contribution in [0.1, 0.15) is 57.2 Å². The van der Waals surface area contributed by atoms with Gasteiger partial charge in [-0.15, -0.1) is 0 Å². The van der Waals surface area contributed by atoms with Crippen LogP contribution in [0.2, 0.25) is 0 Å². The van der Waals surface area contributed by atoms with Crippen molar-refractivity contribution < 1.29 is 27.5 Å². The van der Waals surface area contributed by atoms with E-state index in [9.17, 15) is 18.0 Å². The molecule has 0 unspecified atom stereocenters. The summed E-state index contributed by atoms with van der Waals surface area (Å²) < 4.78 is 46.9. The predicted molar refractivity (Wildman–Crippen MR) is 124 cm³/mol. The van der Waals surface area contributed by atoms with Crippen LogP contribution in [0.4, 0.5) is 29.7 Å². The van der Waals surface area contributed by atoms with Gasteiger partial charge in [-0.25, -0.2) is 14.8 Å². The number of ether oxygens (including phenoxy) is 1. The standard InChI is InChI=1S/C24H30F3N5O3/c1-23(2,3)35-22(33)31-12-9-17(10-13-31)29-21-28-15-18(24(25,26)27)20(30-21)32-19(11-14-34-32)16-7-5-4-6-8-16/h4-8,15,17,19H,9-14H2,1-3H3,(H,28,29,30)/t19-/m0/s1. The van der Waals surface area contributed by atoms with E-state index >= 15 is 0 Å². The van der Waals surface area contributed by atoms with Gasteiger partial charge in [-0.05, 0) is 39.2 Å². The molecule has 1 atom stereocenters. The van der Waals surface area contributed by atoms with E-state index in [1.165, 1.54) is 5.06 Å². The Morgan fingerprint density at radius 2 is 1.80 bits per heavy atom. The molecule has 4 rings (SSSR count). The number of rotatable bonds is 4. The fourth-order valence-electron chi connectivity index (χ4n) is 4.18. The molecule has 0 spiro atoms. The zero-order valence-corrected chi connectivity index (χ0v) is 20.0. The van der Waals surface area contributed by atoms with Crippen molar-refractivity contribution in [3.05, 3.63) is 47.7 Å². The highest BCUT2D eigenvalue weighted by atomic mass is 19.4. The van der Waals surface area contributed by atoms with Crippen LogP contribution in [-0.2, 0) is 15.8 Å². The number of carbonyl (C=O) groups is 1. The number of nitrogens with one attached hydrogen (secondary N) is 1. The number of aromatic nitrogens is 2. The summed E-state index contributed by atoms with van der Waals surface area (Å²) in [5, 5.41) is 4.38. The molecule has 2 aliphatic rings. The molecule has 3 heterocycles. The number of alkyl halides is 3. The van der Waals surface area contributed by atoms with Gasteiger partial charge in [0.25, 0.3) is 0 Å². The van der Waals surface area contributed by atoms with Crippen molar-refractivity contribution in [2.75, 3.05) is 30.1 Å². The summed E-state index contributed by atoms with van der Waals surface area (Å²) in [5.41, 5.74) is -0.683. The van der Waals surface area contributed by atoms with Gasteiger partial charge in [0.2, 0.25) is 5.95 Å². The van der Waals surface area contributed by atoms with Crippen LogP contribution in [0.5, 0.6) is 0 Å². The second-order valence-electron chi connectivity index (χ2n) is 9.69. The lowest BCUT2D eigenvalue weighted by Crippen LogP contribution is -2.44. The van der Waals surface area contributed by atoms with Gasteiger partial charge in [-0.3, -0.25) is 4.84 Å². The molecule has 2 saturated heterocycles. The first kappa shape index (κ1) is 25.0. The summed E-state index contributed by atoms with van der Waals surface area (Å²) in [5.74, 6) is -0.224. The first-order valence-electron chi connectivity index (χ1n) is 11.7. The van der Waals surface area contributed by atoms with Gasteiger partial charge in [-0.1, -0.05) is 30.3 Å². The molecule has 0 saturated carbocycles. The van der Waals surface area contributed by atoms with Crippen molar-refractivity contribution in [2.45, 2.75) is 63.9 Å². The van der Waals surface area contributed by atoms with Crippen LogP contribution < -0.4 is 10.4 Å². The molecule has 0 radical (unpaired) electrons. The Kier molecular flexibility index (Phi) is 7.07. The highest BCUT2D eigenvalue weighted by Gasteiger charge is 2.41. The van der Waals surface area contributed by atoms with Crippen LogP contribution in [-0.4, -0.2) is 52.3 Å². The molecule has 1 amide bonds. The van der Waals surface area contributed by atoms with E-state index in [-0.39, 0.29) is 30.5 Å². The summed E-state index contributed by atoms with van der Waals surface area (Å²) in [7, 11) is 0. The van der Waals surface area contributed by atoms with E-state index in [0.717, 1.165) is 11.8 Å². The van der Waals surface area contributed by atoms with Gasteiger partial charge in [0.05, 0.1) is 12.6 Å². The number of nitrogens with zero attached hydrogens (tertiary/aromatic N) is 4. The largest absolute Gasteiger partial charge is 0.444 e. The van der Waals surface area contributed by atoms with E-state index < -0.39 is 23.4 Å². The Morgan fingerprint density at radius 1 is 1.11 bits per heavy atom. The van der Waals surface area contributed by atoms with Crippen molar-refractivity contribution >= 4 is 17.9 Å². The van der Waals surface area contributed by atoms with Gasteiger partial charge >= 0.3 is 12.3 Å². The lowest BCUT2D eigenvalue weighted by molar-refractivity contribution is -0.138. The summed E-state index contributed by atoms with van der Waals surface area (Å²) >= 11 is 0. The van der Waals surface area contributed by atoms with Crippen LogP contribution in [0, 0.1) is 0 Å². The number of benzene rings is 1. The summed E-state index contributed by atoms with van der Waals surface area (Å²) in [6.45, 7) is 6.64. The number of carbonyl (C=O) groups excluding carboxylic acids is 1. The van der Waals surface area contributed by atoms with Crippen LogP contribution in [0.15, 0.2) is 36.5 Å². The van der Waals surface area contributed by atoms with Gasteiger partial charge in [0.15, 0.2) is 5.82 Å². The van der Waals surface area contributed by atoms with Crippen molar-refractivity contribution in [1.82, 2.24) is 14.9 Å². The first-order valence-corrected chi connectivity index (χ1v) is 11.7. The van der Waals surface area contributed by atoms with E-state index in [1.807, 2.05) is 51.1 Å². The summed E-state index contributed by atoms with van der Waals surface area (Å²) in [6.07, 6.45) is -2.50. The molecule has 8 nitrogen and oxygen atoms in total. The van der Waals surface area contributed by atoms with Crippen LogP contribution in [0.25, 0.3) is 0 Å². The topological polar surface area (TPSA) is 79.8 Å². The van der Waals surface area contributed by atoms with E-state index in [4.69, 9.17) is 9.57 Å². The normalized spacial score (nSPS) is 19.7. The number of anilines is 2. The summed E-state index contributed by atoms with van der Waals surface area (Å²) in [4.78, 5) is 27.7. The van der Waals surface area contributed by atoms with Crippen molar-refractivity contribution in [1.29, 1.82) is 0 Å². The molecule has 1 N–H and O–H groups in total. The third kappa shape index (κ3) is 6.14. The minimum absolute atomic E-state index is 0.0889. The van der Waals surface area contributed by atoms with Gasteiger partial charge < -0.3 is 15.0 Å². The number of amides is 1. The second-order valence-corrected chi connectivity index (χ2v) is 9.69. The highest BCUT2D eigenvalue weighted by Crippen LogP contribution is 2.41. The first-order chi connectivity index (χ1) is 16.5. The maximum absolute atomic E-state index is 13.8. The maximum Gasteiger partial charge on any atom is 0.421 e. The molecule has 190 valence electrons. The van der Waals surface area contributed by atoms with Crippen molar-refractivity contribution in [3.63, 3.8) is 0 Å². The molecule has 0 bridgehead atoms. The molecule has 1 aromatic heterocycles. The SMILES string of the molecule is CC(C)(C)OC(=O)N1CCC(Nc2ncc(C(F)(F)F)c(N3OCC[C@H]3c3ccccc3)n2)CC1. The van der Waals surface area contributed by atoms with Crippen molar-refractivity contribution in [2.24, 2.45) is 0 Å². The van der Waals surface area contributed by atoms with E-state index in [0.29, 0.717) is 32.4 Å². The predicted octanol–water partition coefficient (Wildman–Crippen LogP) is 5.19. The van der Waals surface area contributed by atoms with Gasteiger partial charge in [-0.2, -0.15) is 18.2 Å². The molecule has 2 fully saturated rings. The number of hydrogen-bond acceptors (Lipinski definition) is 7. The number of piperidine rings is 1. The Morgan fingerprint density at radius 3 is 2.43 bits per heavy atom. The highest BCUT2D eigenvalue weighted by molar-refractivity contribution is 5.68. The van der Waals surface area contributed by atoms with Crippen molar-refractivity contribution in [3.8, 4) is 0 Å². The second kappa shape index (κ2) is 9.88. The van der Waals surface area contributed by atoms with E-state index in [2.05, 4.69) is 15.3 Å². The average Bonchev–Trinajstić information content (AvgIpc) is 3.28. The zero-order chi connectivity index (χ0) is 25.2. The zero-order valence-electron chi connectivity index (χ0n) is 20.0. The minimum Gasteiger partial charge on any atom is -0.444 e. The molecule has 35 heavy (non-hydrogen) atoms. The Hall–Kier alpha value is -3.08. The number of hydroxylamine groups is 1. The number of hydrogen-bond donors (Lipinski definition) is 1. The maximum atomic E-state index is 13.8. The average molecular weight is 494 g/mol. The van der Waals surface area contributed by atoms with E-state index in [1.54, 1.807) is 4.90 Å². The lowest BCUT2D eigenvalue weighted by atomic mass is 10.0. The molecule has 11 heteroatoms. The number of likely N-dealkylation sites (tertiary alicyclic amines) is 1. The van der Waals surface area contributed by atoms with Crippen LogP contribution in [0.3, 0.4) is 0 Å². The fourth-order valence-corrected chi connectivity index (χ4v) is 4.18. The van der Waals surface area contributed by atoms with Crippen LogP contribution >= 0.6 is 0 Å². The van der Waals surface area contributed by atoms with Gasteiger partial charge in [0, 0.05) is 31.7 Å². The third-order valence-corrected chi connectivity index (χ3v) is 5.85. The molecular weight excluding hydrogens is 463 g/mol. The minimum atomic E-state index is -4.64. The third-order valence-electron chi connectivity index (χ3n) is 5.85.